The van der Waals surface area contributed by atoms with Gasteiger partial charge in [0, 0.05) is 6.42 Å². The van der Waals surface area contributed by atoms with Crippen molar-refractivity contribution >= 4 is 18.0 Å². The first-order chi connectivity index (χ1) is 12.5. The van der Waals surface area contributed by atoms with Gasteiger partial charge >= 0.3 is 18.0 Å². The standard InChI is InChI=1S/C19H25NO6/c21-17(26-15-9-5-2-6-10-15)12-11-16(18(22)23)20-19(24)25-13-14-7-3-1-4-8-14/h1,3-4,7-8,15-16H,2,5-6,9-13H2,(H,20,24)(H,22,23)/t16-/m0/s1. The van der Waals surface area contributed by atoms with Crippen LogP contribution in [-0.4, -0.2) is 35.3 Å². The molecule has 0 aliphatic heterocycles. The summed E-state index contributed by atoms with van der Waals surface area (Å²) in [5, 5.41) is 11.5. The highest BCUT2D eigenvalue weighted by molar-refractivity contribution is 5.80. The highest BCUT2D eigenvalue weighted by Crippen LogP contribution is 2.21. The molecule has 26 heavy (non-hydrogen) atoms. The molecule has 0 spiro atoms. The van der Waals surface area contributed by atoms with Crippen LogP contribution in [0.25, 0.3) is 0 Å². The van der Waals surface area contributed by atoms with Gasteiger partial charge < -0.3 is 19.9 Å². The Kier molecular flexibility index (Phi) is 7.92. The van der Waals surface area contributed by atoms with E-state index in [2.05, 4.69) is 5.32 Å². The molecule has 7 nitrogen and oxygen atoms in total. The summed E-state index contributed by atoms with van der Waals surface area (Å²) in [6.45, 7) is 0.0444. The summed E-state index contributed by atoms with van der Waals surface area (Å²) in [7, 11) is 0. The van der Waals surface area contributed by atoms with Crippen LogP contribution in [0.4, 0.5) is 4.79 Å². The van der Waals surface area contributed by atoms with Crippen molar-refractivity contribution in [2.24, 2.45) is 0 Å². The number of hydrogen-bond donors (Lipinski definition) is 2. The van der Waals surface area contributed by atoms with Gasteiger partial charge in [-0.3, -0.25) is 4.79 Å². The van der Waals surface area contributed by atoms with Gasteiger partial charge in [-0.05, 0) is 37.7 Å². The highest BCUT2D eigenvalue weighted by Gasteiger charge is 2.23. The Bertz CT molecular complexity index is 597. The molecule has 1 atom stereocenters. The van der Waals surface area contributed by atoms with E-state index in [-0.39, 0.29) is 25.6 Å². The Balaban J connectivity index is 1.72. The quantitative estimate of drug-likeness (QED) is 0.688. The van der Waals surface area contributed by atoms with E-state index in [0.717, 1.165) is 37.7 Å². The molecule has 2 N–H and O–H groups in total. The minimum atomic E-state index is -1.22. The van der Waals surface area contributed by atoms with E-state index in [1.807, 2.05) is 18.2 Å². The Labute approximate surface area is 152 Å². The largest absolute Gasteiger partial charge is 0.480 e. The lowest BCUT2D eigenvalue weighted by atomic mass is 9.98. The number of benzene rings is 1. The van der Waals surface area contributed by atoms with E-state index < -0.39 is 24.1 Å². The van der Waals surface area contributed by atoms with E-state index in [4.69, 9.17) is 9.47 Å². The third-order valence-electron chi connectivity index (χ3n) is 4.29. The summed E-state index contributed by atoms with van der Waals surface area (Å²) in [5.41, 5.74) is 0.797. The lowest BCUT2D eigenvalue weighted by Crippen LogP contribution is -2.41. The van der Waals surface area contributed by atoms with Crippen LogP contribution in [0.3, 0.4) is 0 Å². The van der Waals surface area contributed by atoms with Crippen LogP contribution in [-0.2, 0) is 25.7 Å². The van der Waals surface area contributed by atoms with Gasteiger partial charge in [0.25, 0.3) is 0 Å². The van der Waals surface area contributed by atoms with Gasteiger partial charge in [0.05, 0.1) is 0 Å². The van der Waals surface area contributed by atoms with Crippen molar-refractivity contribution in [3.8, 4) is 0 Å². The van der Waals surface area contributed by atoms with Gasteiger partial charge in [-0.25, -0.2) is 9.59 Å². The van der Waals surface area contributed by atoms with Gasteiger partial charge in [-0.1, -0.05) is 36.8 Å². The summed E-state index contributed by atoms with van der Waals surface area (Å²) in [4.78, 5) is 34.9. The summed E-state index contributed by atoms with van der Waals surface area (Å²) in [5.74, 6) is -1.64. The number of alkyl carbamates (subject to hydrolysis) is 1. The molecule has 1 fully saturated rings. The maximum absolute atomic E-state index is 11.9. The normalized spacial score (nSPS) is 15.7. The van der Waals surface area contributed by atoms with Crippen molar-refractivity contribution in [3.05, 3.63) is 35.9 Å². The Morgan fingerprint density at radius 3 is 2.46 bits per heavy atom. The fourth-order valence-electron chi connectivity index (χ4n) is 2.85. The molecular formula is C19H25NO6. The summed E-state index contributed by atoms with van der Waals surface area (Å²) < 4.78 is 10.4. The average molecular weight is 363 g/mol. The van der Waals surface area contributed by atoms with Crippen LogP contribution in [0.2, 0.25) is 0 Å². The number of amides is 1. The summed E-state index contributed by atoms with van der Waals surface area (Å²) in [6.07, 6.45) is 3.97. The number of aliphatic carboxylic acids is 1. The predicted octanol–water partition coefficient (Wildman–Crippen LogP) is 3.02. The number of ether oxygens (including phenoxy) is 2. The Hall–Kier alpha value is -2.57. The second kappa shape index (κ2) is 10.4. The van der Waals surface area contributed by atoms with Gasteiger partial charge in [0.15, 0.2) is 0 Å². The van der Waals surface area contributed by atoms with Crippen LogP contribution < -0.4 is 5.32 Å². The number of carboxylic acid groups (broad SMARTS) is 1. The van der Waals surface area contributed by atoms with Crippen molar-refractivity contribution in [1.82, 2.24) is 5.32 Å². The van der Waals surface area contributed by atoms with Crippen LogP contribution in [0, 0.1) is 0 Å². The smallest absolute Gasteiger partial charge is 0.408 e. The minimum Gasteiger partial charge on any atom is -0.480 e. The van der Waals surface area contributed by atoms with Crippen molar-refractivity contribution < 1.29 is 29.0 Å². The summed E-state index contributed by atoms with van der Waals surface area (Å²) in [6, 6.07) is 7.86. The highest BCUT2D eigenvalue weighted by atomic mass is 16.6. The maximum atomic E-state index is 11.9. The number of rotatable bonds is 8. The Morgan fingerprint density at radius 2 is 1.81 bits per heavy atom. The lowest BCUT2D eigenvalue weighted by molar-refractivity contribution is -0.151. The van der Waals surface area contributed by atoms with Crippen molar-refractivity contribution in [3.63, 3.8) is 0 Å². The van der Waals surface area contributed by atoms with Crippen LogP contribution in [0.1, 0.15) is 50.5 Å². The molecule has 0 radical (unpaired) electrons. The zero-order chi connectivity index (χ0) is 18.8. The molecule has 1 aliphatic rings. The molecule has 0 bridgehead atoms. The van der Waals surface area contributed by atoms with E-state index in [9.17, 15) is 19.5 Å². The molecule has 0 heterocycles. The second-order valence-electron chi connectivity index (χ2n) is 6.39. The SMILES string of the molecule is O=C(CC[C@H](NC(=O)OCc1ccccc1)C(=O)O)OC1CCCCC1. The predicted molar refractivity (Wildman–Crippen MR) is 93.4 cm³/mol. The fourth-order valence-corrected chi connectivity index (χ4v) is 2.85. The maximum Gasteiger partial charge on any atom is 0.408 e. The van der Waals surface area contributed by atoms with Crippen LogP contribution in [0.15, 0.2) is 30.3 Å². The van der Waals surface area contributed by atoms with Crippen LogP contribution >= 0.6 is 0 Å². The number of carbonyl (C=O) groups is 3. The van der Waals surface area contributed by atoms with Gasteiger partial charge in [0.1, 0.15) is 18.8 Å². The minimum absolute atomic E-state index is 0.0404. The molecule has 1 aromatic carbocycles. The van der Waals surface area contributed by atoms with E-state index in [1.54, 1.807) is 12.1 Å². The van der Waals surface area contributed by atoms with E-state index in [0.29, 0.717) is 0 Å². The van der Waals surface area contributed by atoms with Gasteiger partial charge in [-0.2, -0.15) is 0 Å². The average Bonchev–Trinajstić information content (AvgIpc) is 2.65. The molecule has 0 saturated heterocycles. The fraction of sp³-hybridized carbons (Fsp3) is 0.526. The molecule has 2 rings (SSSR count). The number of carboxylic acids is 1. The Morgan fingerprint density at radius 1 is 1.12 bits per heavy atom. The zero-order valence-corrected chi connectivity index (χ0v) is 14.7. The molecule has 1 aromatic rings. The molecule has 1 saturated carbocycles. The van der Waals surface area contributed by atoms with Crippen molar-refractivity contribution in [2.75, 3.05) is 0 Å². The molecule has 1 amide bonds. The topological polar surface area (TPSA) is 102 Å². The van der Waals surface area contributed by atoms with E-state index in [1.165, 1.54) is 0 Å². The molecule has 0 aromatic heterocycles. The first-order valence-corrected chi connectivity index (χ1v) is 8.94. The number of carbonyl (C=O) groups excluding carboxylic acids is 2. The van der Waals surface area contributed by atoms with Gasteiger partial charge in [-0.15, -0.1) is 0 Å². The summed E-state index contributed by atoms with van der Waals surface area (Å²) >= 11 is 0. The van der Waals surface area contributed by atoms with Gasteiger partial charge in [0.2, 0.25) is 0 Å². The number of nitrogens with one attached hydrogen (secondary N) is 1. The molecule has 1 aliphatic carbocycles. The van der Waals surface area contributed by atoms with Crippen LogP contribution in [0.5, 0.6) is 0 Å². The number of esters is 1. The molecule has 142 valence electrons. The zero-order valence-electron chi connectivity index (χ0n) is 14.7. The third-order valence-corrected chi connectivity index (χ3v) is 4.29. The first-order valence-electron chi connectivity index (χ1n) is 8.94. The third kappa shape index (κ3) is 7.13. The monoisotopic (exact) mass is 363 g/mol. The number of hydrogen-bond acceptors (Lipinski definition) is 5. The molecule has 0 unspecified atom stereocenters. The van der Waals surface area contributed by atoms with E-state index >= 15 is 0 Å². The second-order valence-corrected chi connectivity index (χ2v) is 6.39. The van der Waals surface area contributed by atoms with Crippen molar-refractivity contribution in [2.45, 2.75) is 63.7 Å². The molecular weight excluding hydrogens is 338 g/mol. The van der Waals surface area contributed by atoms with Crippen molar-refractivity contribution in [1.29, 1.82) is 0 Å². The first kappa shape index (κ1) is 19.8. The molecule has 7 heteroatoms. The lowest BCUT2D eigenvalue weighted by Gasteiger charge is -2.22.